The third-order valence-corrected chi connectivity index (χ3v) is 3.58. The lowest BCUT2D eigenvalue weighted by molar-refractivity contribution is 0.0779. The molecule has 0 radical (unpaired) electrons. The van der Waals surface area contributed by atoms with Gasteiger partial charge in [0.25, 0.3) is 0 Å². The molecule has 0 saturated carbocycles. The van der Waals surface area contributed by atoms with Gasteiger partial charge < -0.3 is 14.0 Å². The molecule has 0 fully saturated rings. The zero-order chi connectivity index (χ0) is 16.6. The molecule has 0 N–H and O–H groups in total. The van der Waals surface area contributed by atoms with Crippen molar-refractivity contribution in [3.8, 4) is 0 Å². The average molecular weight is 312 g/mol. The normalized spacial score (nSPS) is 10.9. The van der Waals surface area contributed by atoms with Crippen LogP contribution in [0.3, 0.4) is 0 Å². The standard InChI is InChI=1S/C16H16N4O3/c1-10-8-13(21)11-6-4-5-7-12(11)20(10)9-14-17-15(23-18-14)16(22)19(2)3/h4-8H,9H2,1-3H3. The van der Waals surface area contributed by atoms with Crippen molar-refractivity contribution in [2.45, 2.75) is 13.5 Å². The van der Waals surface area contributed by atoms with Gasteiger partial charge >= 0.3 is 11.8 Å². The molecular formula is C16H16N4O3. The van der Waals surface area contributed by atoms with Crippen molar-refractivity contribution in [3.63, 3.8) is 0 Å². The maximum absolute atomic E-state index is 12.1. The maximum atomic E-state index is 12.1. The Balaban J connectivity index is 2.03. The Morgan fingerprint density at radius 1 is 1.30 bits per heavy atom. The summed E-state index contributed by atoms with van der Waals surface area (Å²) in [7, 11) is 3.23. The monoisotopic (exact) mass is 312 g/mol. The lowest BCUT2D eigenvalue weighted by atomic mass is 10.2. The fourth-order valence-corrected chi connectivity index (χ4v) is 2.40. The van der Waals surface area contributed by atoms with Crippen LogP contribution in [0.4, 0.5) is 0 Å². The van der Waals surface area contributed by atoms with Crippen molar-refractivity contribution < 1.29 is 9.32 Å². The molecule has 0 aliphatic heterocycles. The van der Waals surface area contributed by atoms with Crippen LogP contribution in [0, 0.1) is 6.92 Å². The number of carbonyl (C=O) groups excluding carboxylic acids is 1. The number of fused-ring (bicyclic) bond motifs is 1. The molecule has 23 heavy (non-hydrogen) atoms. The van der Waals surface area contributed by atoms with E-state index >= 15 is 0 Å². The van der Waals surface area contributed by atoms with E-state index in [9.17, 15) is 9.59 Å². The van der Waals surface area contributed by atoms with E-state index in [4.69, 9.17) is 4.52 Å². The molecule has 7 heteroatoms. The summed E-state index contributed by atoms with van der Waals surface area (Å²) in [4.78, 5) is 29.4. The van der Waals surface area contributed by atoms with Crippen LogP contribution in [0.2, 0.25) is 0 Å². The van der Waals surface area contributed by atoms with Crippen LogP contribution in [0.25, 0.3) is 10.9 Å². The van der Waals surface area contributed by atoms with Gasteiger partial charge in [0.05, 0.1) is 12.1 Å². The lowest BCUT2D eigenvalue weighted by Gasteiger charge is -2.12. The molecule has 118 valence electrons. The molecular weight excluding hydrogens is 296 g/mol. The molecule has 2 heterocycles. The predicted molar refractivity (Wildman–Crippen MR) is 84.4 cm³/mol. The first-order chi connectivity index (χ1) is 11.0. The highest BCUT2D eigenvalue weighted by atomic mass is 16.5. The van der Waals surface area contributed by atoms with E-state index < -0.39 is 0 Å². The Morgan fingerprint density at radius 2 is 2.04 bits per heavy atom. The van der Waals surface area contributed by atoms with Crippen LogP contribution >= 0.6 is 0 Å². The van der Waals surface area contributed by atoms with Crippen molar-refractivity contribution in [2.24, 2.45) is 0 Å². The molecule has 1 amide bonds. The van der Waals surface area contributed by atoms with Gasteiger partial charge in [-0.2, -0.15) is 4.98 Å². The molecule has 2 aromatic heterocycles. The zero-order valence-corrected chi connectivity index (χ0v) is 13.1. The van der Waals surface area contributed by atoms with E-state index in [-0.39, 0.29) is 17.2 Å². The molecule has 0 unspecified atom stereocenters. The first kappa shape index (κ1) is 15.0. The summed E-state index contributed by atoms with van der Waals surface area (Å²) in [5.74, 6) is -0.00894. The van der Waals surface area contributed by atoms with Crippen molar-refractivity contribution in [1.82, 2.24) is 19.6 Å². The van der Waals surface area contributed by atoms with Crippen LogP contribution in [0.5, 0.6) is 0 Å². The second-order valence-electron chi connectivity index (χ2n) is 5.47. The molecule has 7 nitrogen and oxygen atoms in total. The van der Waals surface area contributed by atoms with E-state index in [0.29, 0.717) is 17.8 Å². The largest absolute Gasteiger partial charge is 0.341 e. The van der Waals surface area contributed by atoms with Crippen molar-refractivity contribution >= 4 is 16.8 Å². The first-order valence-electron chi connectivity index (χ1n) is 7.11. The van der Waals surface area contributed by atoms with Crippen LogP contribution in [0.15, 0.2) is 39.6 Å². The molecule has 0 aliphatic carbocycles. The fraction of sp³-hybridized carbons (Fsp3) is 0.250. The molecule has 0 atom stereocenters. The zero-order valence-electron chi connectivity index (χ0n) is 13.1. The van der Waals surface area contributed by atoms with Crippen LogP contribution in [-0.4, -0.2) is 39.6 Å². The van der Waals surface area contributed by atoms with Gasteiger partial charge in [0.2, 0.25) is 0 Å². The summed E-state index contributed by atoms with van der Waals surface area (Å²) < 4.78 is 6.93. The highest BCUT2D eigenvalue weighted by Crippen LogP contribution is 2.14. The Hall–Kier alpha value is -2.96. The molecule has 3 aromatic rings. The Kier molecular flexibility index (Phi) is 3.69. The second-order valence-corrected chi connectivity index (χ2v) is 5.47. The van der Waals surface area contributed by atoms with Gasteiger partial charge in [-0.1, -0.05) is 17.3 Å². The smallest absolute Gasteiger partial charge is 0.316 e. The van der Waals surface area contributed by atoms with Gasteiger partial charge in [-0.15, -0.1) is 0 Å². The van der Waals surface area contributed by atoms with Gasteiger partial charge in [-0.05, 0) is 19.1 Å². The average Bonchev–Trinajstić information content (AvgIpc) is 2.99. The number of pyridine rings is 1. The molecule has 0 saturated heterocycles. The van der Waals surface area contributed by atoms with E-state index in [1.165, 1.54) is 4.90 Å². The number of hydrogen-bond acceptors (Lipinski definition) is 5. The van der Waals surface area contributed by atoms with Crippen LogP contribution < -0.4 is 5.43 Å². The van der Waals surface area contributed by atoms with Crippen LogP contribution in [0.1, 0.15) is 22.2 Å². The number of aromatic nitrogens is 3. The molecule has 1 aromatic carbocycles. The summed E-state index contributed by atoms with van der Waals surface area (Å²) in [6.45, 7) is 2.16. The topological polar surface area (TPSA) is 81.2 Å². The highest BCUT2D eigenvalue weighted by Gasteiger charge is 2.17. The minimum Gasteiger partial charge on any atom is -0.341 e. The highest BCUT2D eigenvalue weighted by molar-refractivity contribution is 5.89. The third kappa shape index (κ3) is 2.73. The van der Waals surface area contributed by atoms with E-state index in [0.717, 1.165) is 11.2 Å². The summed E-state index contributed by atoms with van der Waals surface area (Å²) in [6, 6.07) is 8.93. The summed E-state index contributed by atoms with van der Waals surface area (Å²) in [5, 5.41) is 4.48. The van der Waals surface area contributed by atoms with E-state index in [1.54, 1.807) is 26.2 Å². The Morgan fingerprint density at radius 3 is 2.78 bits per heavy atom. The van der Waals surface area contributed by atoms with Gasteiger partial charge in [0, 0.05) is 31.2 Å². The minimum atomic E-state index is -0.342. The predicted octanol–water partition coefficient (Wildman–Crippen LogP) is 1.44. The minimum absolute atomic E-state index is 0.0223. The number of hydrogen-bond donors (Lipinski definition) is 0. The van der Waals surface area contributed by atoms with Crippen molar-refractivity contribution in [3.05, 3.63) is 58.0 Å². The molecule has 0 bridgehead atoms. The number of rotatable bonds is 3. The Labute approximate surface area is 132 Å². The lowest BCUT2D eigenvalue weighted by Crippen LogP contribution is -2.22. The summed E-state index contributed by atoms with van der Waals surface area (Å²) >= 11 is 0. The number of amides is 1. The second kappa shape index (κ2) is 5.68. The van der Waals surface area contributed by atoms with Crippen molar-refractivity contribution in [1.29, 1.82) is 0 Å². The van der Waals surface area contributed by atoms with E-state index in [1.807, 2.05) is 29.7 Å². The molecule has 0 aliphatic rings. The molecule has 3 rings (SSSR count). The summed E-state index contributed by atoms with van der Waals surface area (Å²) in [5.41, 5.74) is 1.56. The van der Waals surface area contributed by atoms with Gasteiger partial charge in [0.1, 0.15) is 0 Å². The SMILES string of the molecule is Cc1cc(=O)c2ccccc2n1Cc1noc(C(=O)N(C)C)n1. The number of aryl methyl sites for hydroxylation is 1. The third-order valence-electron chi connectivity index (χ3n) is 3.58. The van der Waals surface area contributed by atoms with Gasteiger partial charge in [0.15, 0.2) is 11.3 Å². The van der Waals surface area contributed by atoms with Gasteiger partial charge in [-0.25, -0.2) is 0 Å². The van der Waals surface area contributed by atoms with E-state index in [2.05, 4.69) is 10.1 Å². The van der Waals surface area contributed by atoms with Crippen molar-refractivity contribution in [2.75, 3.05) is 14.1 Å². The number of nitrogens with zero attached hydrogens (tertiary/aromatic N) is 4. The number of para-hydroxylation sites is 1. The maximum Gasteiger partial charge on any atom is 0.316 e. The number of carbonyl (C=O) groups is 1. The summed E-state index contributed by atoms with van der Waals surface area (Å²) in [6.07, 6.45) is 0. The fourth-order valence-electron chi connectivity index (χ4n) is 2.40. The molecule has 0 spiro atoms. The quantitative estimate of drug-likeness (QED) is 0.731. The van der Waals surface area contributed by atoms with Crippen LogP contribution in [-0.2, 0) is 6.54 Å². The number of benzene rings is 1. The first-order valence-corrected chi connectivity index (χ1v) is 7.11. The Bertz CT molecular complexity index is 940. The van der Waals surface area contributed by atoms with Gasteiger partial charge in [-0.3, -0.25) is 9.59 Å².